The first-order valence-corrected chi connectivity index (χ1v) is 12.1. The van der Waals surface area contributed by atoms with Crippen LogP contribution in [0.25, 0.3) is 0 Å². The SMILES string of the molecule is C/C1=C(C)/C(O)=C(/C)CCCC(CCCCCCCCCCCC(C)C)OC1. The fraction of sp³-hybridized carbons (Fsp3) is 0.846. The maximum atomic E-state index is 10.3. The summed E-state index contributed by atoms with van der Waals surface area (Å²) in [6.45, 7) is 11.5. The van der Waals surface area contributed by atoms with Crippen molar-refractivity contribution >= 4 is 0 Å². The number of hydrogen-bond acceptors (Lipinski definition) is 2. The Morgan fingerprint density at radius 1 is 0.857 bits per heavy atom. The summed E-state index contributed by atoms with van der Waals surface area (Å²) in [5.74, 6) is 1.35. The summed E-state index contributed by atoms with van der Waals surface area (Å²) in [4.78, 5) is 0. The molecule has 0 fully saturated rings. The Labute approximate surface area is 175 Å². The number of allylic oxidation sites excluding steroid dienone is 2. The molecule has 1 N–H and O–H groups in total. The van der Waals surface area contributed by atoms with Gasteiger partial charge in [0.05, 0.1) is 12.7 Å². The Morgan fingerprint density at radius 2 is 1.43 bits per heavy atom. The van der Waals surface area contributed by atoms with Gasteiger partial charge in [-0.3, -0.25) is 0 Å². The van der Waals surface area contributed by atoms with Gasteiger partial charge in [0, 0.05) is 0 Å². The van der Waals surface area contributed by atoms with Gasteiger partial charge >= 0.3 is 0 Å². The molecule has 2 heteroatoms. The van der Waals surface area contributed by atoms with Gasteiger partial charge in [-0.05, 0) is 69.1 Å². The molecule has 0 spiro atoms. The van der Waals surface area contributed by atoms with Crippen LogP contribution in [0.4, 0.5) is 0 Å². The van der Waals surface area contributed by atoms with Crippen molar-refractivity contribution in [3.63, 3.8) is 0 Å². The lowest BCUT2D eigenvalue weighted by molar-refractivity contribution is 0.0528. The molecule has 0 bridgehead atoms. The van der Waals surface area contributed by atoms with Gasteiger partial charge in [0.25, 0.3) is 0 Å². The molecule has 0 amide bonds. The summed E-state index contributed by atoms with van der Waals surface area (Å²) in [5, 5.41) is 10.3. The van der Waals surface area contributed by atoms with E-state index in [-0.39, 0.29) is 0 Å². The number of unbranched alkanes of at least 4 members (excludes halogenated alkanes) is 8. The second kappa shape index (κ2) is 15.1. The molecule has 2 nitrogen and oxygen atoms in total. The van der Waals surface area contributed by atoms with E-state index in [1.54, 1.807) is 0 Å². The summed E-state index contributed by atoms with van der Waals surface area (Å²) in [7, 11) is 0. The minimum absolute atomic E-state index is 0.386. The maximum absolute atomic E-state index is 10.3. The molecule has 1 atom stereocenters. The van der Waals surface area contributed by atoms with Crippen molar-refractivity contribution in [3.05, 3.63) is 22.5 Å². The summed E-state index contributed by atoms with van der Waals surface area (Å²) >= 11 is 0. The van der Waals surface area contributed by atoms with E-state index in [0.717, 1.165) is 41.9 Å². The van der Waals surface area contributed by atoms with E-state index in [9.17, 15) is 5.11 Å². The third kappa shape index (κ3) is 11.3. The molecule has 1 aliphatic rings. The van der Waals surface area contributed by atoms with Crippen LogP contribution in [0.5, 0.6) is 0 Å². The summed E-state index contributed by atoms with van der Waals surface area (Å²) in [6, 6.07) is 0. The lowest BCUT2D eigenvalue weighted by Gasteiger charge is -2.21. The minimum atomic E-state index is 0.386. The third-order valence-corrected chi connectivity index (χ3v) is 6.32. The Kier molecular flexibility index (Phi) is 13.7. The highest BCUT2D eigenvalue weighted by Crippen LogP contribution is 2.24. The van der Waals surface area contributed by atoms with Crippen LogP contribution < -0.4 is 0 Å². The Hall–Kier alpha value is -0.760. The average molecular weight is 393 g/mol. The van der Waals surface area contributed by atoms with E-state index in [1.165, 1.54) is 70.6 Å². The minimum Gasteiger partial charge on any atom is -0.508 e. The maximum Gasteiger partial charge on any atom is 0.117 e. The molecule has 0 aromatic carbocycles. The van der Waals surface area contributed by atoms with Crippen molar-refractivity contribution < 1.29 is 9.84 Å². The van der Waals surface area contributed by atoms with Gasteiger partial charge in [-0.15, -0.1) is 0 Å². The molecular weight excluding hydrogens is 344 g/mol. The number of aliphatic hydroxyl groups excluding tert-OH is 1. The van der Waals surface area contributed by atoms with Gasteiger partial charge in [0.2, 0.25) is 0 Å². The van der Waals surface area contributed by atoms with Gasteiger partial charge in [0.15, 0.2) is 0 Å². The van der Waals surface area contributed by atoms with Crippen molar-refractivity contribution in [2.45, 2.75) is 131 Å². The molecule has 0 aromatic rings. The van der Waals surface area contributed by atoms with Gasteiger partial charge in [-0.1, -0.05) is 78.1 Å². The quantitative estimate of drug-likeness (QED) is 0.337. The molecule has 1 unspecified atom stereocenters. The molecule has 0 saturated heterocycles. The highest BCUT2D eigenvalue weighted by Gasteiger charge is 2.14. The van der Waals surface area contributed by atoms with Crippen LogP contribution in [0.3, 0.4) is 0 Å². The molecule has 0 radical (unpaired) electrons. The van der Waals surface area contributed by atoms with Crippen molar-refractivity contribution in [1.29, 1.82) is 0 Å². The van der Waals surface area contributed by atoms with Crippen LogP contribution in [0.2, 0.25) is 0 Å². The zero-order valence-electron chi connectivity index (χ0n) is 19.6. The summed E-state index contributed by atoms with van der Waals surface area (Å²) in [6.07, 6.45) is 18.7. The predicted molar refractivity (Wildman–Crippen MR) is 123 cm³/mol. The third-order valence-electron chi connectivity index (χ3n) is 6.32. The largest absolute Gasteiger partial charge is 0.508 e. The van der Waals surface area contributed by atoms with Crippen LogP contribution in [-0.4, -0.2) is 17.8 Å². The van der Waals surface area contributed by atoms with Crippen LogP contribution in [-0.2, 0) is 4.74 Å². The van der Waals surface area contributed by atoms with Crippen LogP contribution in [0, 0.1) is 5.92 Å². The molecule has 1 heterocycles. The summed E-state index contributed by atoms with van der Waals surface area (Å²) < 4.78 is 6.19. The van der Waals surface area contributed by atoms with Crippen LogP contribution >= 0.6 is 0 Å². The Bertz CT molecular complexity index is 473. The second-order valence-electron chi connectivity index (χ2n) is 9.51. The first-order chi connectivity index (χ1) is 13.4. The van der Waals surface area contributed by atoms with Crippen molar-refractivity contribution in [1.82, 2.24) is 0 Å². The van der Waals surface area contributed by atoms with E-state index < -0.39 is 0 Å². The fourth-order valence-corrected chi connectivity index (χ4v) is 4.06. The second-order valence-corrected chi connectivity index (χ2v) is 9.51. The van der Waals surface area contributed by atoms with Crippen LogP contribution in [0.15, 0.2) is 22.5 Å². The van der Waals surface area contributed by atoms with Crippen molar-refractivity contribution in [2.75, 3.05) is 6.61 Å². The van der Waals surface area contributed by atoms with Crippen molar-refractivity contribution in [3.8, 4) is 0 Å². The highest BCUT2D eigenvalue weighted by atomic mass is 16.5. The van der Waals surface area contributed by atoms with Gasteiger partial charge in [-0.2, -0.15) is 0 Å². The molecule has 0 aliphatic carbocycles. The number of ether oxygens (including phenoxy) is 1. The van der Waals surface area contributed by atoms with E-state index >= 15 is 0 Å². The topological polar surface area (TPSA) is 29.5 Å². The monoisotopic (exact) mass is 392 g/mol. The standard InChI is InChI=1S/C26H48O2/c1-21(2)16-13-11-9-7-6-8-10-12-14-18-25-19-15-17-22(3)26(27)24(5)23(4)20-28-25/h21,25,27H,6-20H2,1-5H3/b24-23-,26-22+. The fourth-order valence-electron chi connectivity index (χ4n) is 4.06. The van der Waals surface area contributed by atoms with E-state index in [1.807, 2.05) is 6.92 Å². The average Bonchev–Trinajstić information content (AvgIpc) is 2.67. The number of aliphatic hydroxyl groups is 1. The van der Waals surface area contributed by atoms with E-state index in [4.69, 9.17) is 4.74 Å². The number of hydrogen-bond donors (Lipinski definition) is 1. The zero-order valence-corrected chi connectivity index (χ0v) is 19.6. The van der Waals surface area contributed by atoms with Gasteiger partial charge in [0.1, 0.15) is 5.76 Å². The number of rotatable bonds is 12. The lowest BCUT2D eigenvalue weighted by atomic mass is 9.98. The molecule has 0 saturated carbocycles. The van der Waals surface area contributed by atoms with Gasteiger partial charge < -0.3 is 9.84 Å². The summed E-state index contributed by atoms with van der Waals surface area (Å²) in [5.41, 5.74) is 3.29. The molecule has 164 valence electrons. The normalized spacial score (nSPS) is 24.7. The first-order valence-electron chi connectivity index (χ1n) is 12.1. The lowest BCUT2D eigenvalue weighted by Crippen LogP contribution is -2.16. The molecule has 0 aromatic heterocycles. The molecular formula is C26H48O2. The molecule has 1 aliphatic heterocycles. The highest BCUT2D eigenvalue weighted by molar-refractivity contribution is 5.31. The predicted octanol–water partition coefficient (Wildman–Crippen LogP) is 8.67. The van der Waals surface area contributed by atoms with E-state index in [0.29, 0.717) is 18.5 Å². The van der Waals surface area contributed by atoms with E-state index in [2.05, 4.69) is 27.7 Å². The zero-order chi connectivity index (χ0) is 20.8. The Morgan fingerprint density at radius 3 is 2.04 bits per heavy atom. The first kappa shape index (κ1) is 25.3. The molecule has 28 heavy (non-hydrogen) atoms. The Balaban J connectivity index is 2.12. The van der Waals surface area contributed by atoms with Gasteiger partial charge in [-0.25, -0.2) is 0 Å². The smallest absolute Gasteiger partial charge is 0.117 e. The van der Waals surface area contributed by atoms with Crippen LogP contribution in [0.1, 0.15) is 125 Å². The molecule has 1 rings (SSSR count). The van der Waals surface area contributed by atoms with Crippen molar-refractivity contribution in [2.24, 2.45) is 5.92 Å².